The molecule has 8 heteroatoms. The van der Waals surface area contributed by atoms with Gasteiger partial charge in [-0.1, -0.05) is 0 Å². The summed E-state index contributed by atoms with van der Waals surface area (Å²) in [5.74, 6) is 0.0727. The van der Waals surface area contributed by atoms with Crippen molar-refractivity contribution in [1.82, 2.24) is 15.3 Å². The lowest BCUT2D eigenvalue weighted by Gasteiger charge is -2.08. The number of rotatable bonds is 5. The van der Waals surface area contributed by atoms with Crippen LogP contribution in [0.1, 0.15) is 10.4 Å². The maximum atomic E-state index is 12.4. The van der Waals surface area contributed by atoms with E-state index in [1.807, 2.05) is 5.38 Å². The molecule has 0 aliphatic rings. The SMILES string of the molecule is CNCc1scc(C)c1S(=O)(=O)Nc1ncccn1. The summed E-state index contributed by atoms with van der Waals surface area (Å²) >= 11 is 1.42. The quantitative estimate of drug-likeness (QED) is 0.871. The average molecular weight is 298 g/mol. The van der Waals surface area contributed by atoms with Crippen LogP contribution in [0.5, 0.6) is 0 Å². The van der Waals surface area contributed by atoms with Crippen LogP contribution in [0.15, 0.2) is 28.7 Å². The van der Waals surface area contributed by atoms with Crippen molar-refractivity contribution < 1.29 is 8.42 Å². The molecule has 0 spiro atoms. The summed E-state index contributed by atoms with van der Waals surface area (Å²) in [7, 11) is -1.88. The van der Waals surface area contributed by atoms with Crippen molar-refractivity contribution in [2.24, 2.45) is 0 Å². The van der Waals surface area contributed by atoms with Gasteiger partial charge in [0.2, 0.25) is 5.95 Å². The van der Waals surface area contributed by atoms with Crippen molar-refractivity contribution in [1.29, 1.82) is 0 Å². The molecule has 0 fully saturated rings. The van der Waals surface area contributed by atoms with E-state index in [0.29, 0.717) is 11.4 Å². The van der Waals surface area contributed by atoms with Gasteiger partial charge in [0.15, 0.2) is 0 Å². The molecule has 0 saturated carbocycles. The fourth-order valence-corrected chi connectivity index (χ4v) is 4.44. The number of hydrogen-bond acceptors (Lipinski definition) is 6. The second kappa shape index (κ2) is 5.64. The van der Waals surface area contributed by atoms with E-state index < -0.39 is 10.0 Å². The van der Waals surface area contributed by atoms with Gasteiger partial charge in [0.1, 0.15) is 4.90 Å². The highest BCUT2D eigenvalue weighted by Gasteiger charge is 2.23. The van der Waals surface area contributed by atoms with Crippen LogP contribution in [0.2, 0.25) is 0 Å². The number of hydrogen-bond donors (Lipinski definition) is 2. The van der Waals surface area contributed by atoms with Crippen molar-refractivity contribution >= 4 is 27.3 Å². The predicted octanol–water partition coefficient (Wildman–Crippen LogP) is 1.37. The summed E-state index contributed by atoms with van der Waals surface area (Å²) in [6, 6.07) is 1.63. The van der Waals surface area contributed by atoms with E-state index in [1.54, 1.807) is 20.0 Å². The first kappa shape index (κ1) is 13.9. The minimum atomic E-state index is -3.66. The Kier molecular flexibility index (Phi) is 4.13. The van der Waals surface area contributed by atoms with E-state index in [2.05, 4.69) is 20.0 Å². The Balaban J connectivity index is 2.37. The van der Waals surface area contributed by atoms with Crippen LogP contribution in [0.4, 0.5) is 5.95 Å². The zero-order chi connectivity index (χ0) is 13.9. The molecule has 2 aromatic rings. The smallest absolute Gasteiger partial charge is 0.265 e. The molecule has 0 aromatic carbocycles. The third kappa shape index (κ3) is 3.09. The van der Waals surface area contributed by atoms with Gasteiger partial charge >= 0.3 is 0 Å². The highest BCUT2D eigenvalue weighted by Crippen LogP contribution is 2.27. The van der Waals surface area contributed by atoms with Gasteiger partial charge in [0, 0.05) is 23.8 Å². The van der Waals surface area contributed by atoms with Crippen LogP contribution in [-0.2, 0) is 16.6 Å². The molecule has 0 amide bonds. The maximum absolute atomic E-state index is 12.4. The third-order valence-electron chi connectivity index (χ3n) is 2.39. The standard InChI is InChI=1S/C11H14N4O2S2/c1-8-7-18-9(6-12-2)10(8)19(16,17)15-11-13-4-3-5-14-11/h3-5,7,12H,6H2,1-2H3,(H,13,14,15). The lowest BCUT2D eigenvalue weighted by molar-refractivity contribution is 0.599. The molecule has 0 aliphatic carbocycles. The summed E-state index contributed by atoms with van der Waals surface area (Å²) in [6.07, 6.45) is 2.97. The van der Waals surface area contributed by atoms with Crippen molar-refractivity contribution in [3.05, 3.63) is 34.3 Å². The normalized spacial score (nSPS) is 11.5. The van der Waals surface area contributed by atoms with Gasteiger partial charge in [-0.15, -0.1) is 11.3 Å². The zero-order valence-electron chi connectivity index (χ0n) is 10.5. The number of aryl methyl sites for hydroxylation is 1. The largest absolute Gasteiger partial charge is 0.315 e. The first-order valence-corrected chi connectivity index (χ1v) is 7.92. The van der Waals surface area contributed by atoms with Gasteiger partial charge in [-0.05, 0) is 31.0 Å². The molecule has 0 unspecified atom stereocenters. The Bertz CT molecular complexity index is 653. The summed E-state index contributed by atoms with van der Waals surface area (Å²) in [5, 5.41) is 4.79. The molecule has 0 radical (unpaired) electrons. The number of nitrogens with zero attached hydrogens (tertiary/aromatic N) is 2. The monoisotopic (exact) mass is 298 g/mol. The van der Waals surface area contributed by atoms with E-state index in [0.717, 1.165) is 10.4 Å². The minimum Gasteiger partial charge on any atom is -0.315 e. The fourth-order valence-electron chi connectivity index (χ4n) is 1.65. The number of thiophene rings is 1. The van der Waals surface area contributed by atoms with Gasteiger partial charge < -0.3 is 5.32 Å². The van der Waals surface area contributed by atoms with Crippen molar-refractivity contribution in [3.63, 3.8) is 0 Å². The van der Waals surface area contributed by atoms with Crippen molar-refractivity contribution in [2.75, 3.05) is 11.8 Å². The second-order valence-electron chi connectivity index (χ2n) is 3.88. The Morgan fingerprint density at radius 1 is 1.32 bits per heavy atom. The lowest BCUT2D eigenvalue weighted by Crippen LogP contribution is -2.18. The van der Waals surface area contributed by atoms with Crippen LogP contribution in [0.3, 0.4) is 0 Å². The molecule has 19 heavy (non-hydrogen) atoms. The van der Waals surface area contributed by atoms with Gasteiger partial charge in [0.25, 0.3) is 10.0 Å². The summed E-state index contributed by atoms with van der Waals surface area (Å²) in [6.45, 7) is 2.28. The highest BCUT2D eigenvalue weighted by molar-refractivity contribution is 7.93. The molecule has 6 nitrogen and oxygen atoms in total. The lowest BCUT2D eigenvalue weighted by atomic mass is 10.3. The van der Waals surface area contributed by atoms with Crippen LogP contribution >= 0.6 is 11.3 Å². The molecule has 2 aromatic heterocycles. The average Bonchev–Trinajstić information content (AvgIpc) is 2.72. The summed E-state index contributed by atoms with van der Waals surface area (Å²) in [4.78, 5) is 8.80. The van der Waals surface area contributed by atoms with E-state index in [4.69, 9.17) is 0 Å². The molecular weight excluding hydrogens is 284 g/mol. The second-order valence-corrected chi connectivity index (χ2v) is 6.46. The third-order valence-corrected chi connectivity index (χ3v) is 5.18. The number of anilines is 1. The van der Waals surface area contributed by atoms with Crippen molar-refractivity contribution in [3.8, 4) is 0 Å². The Morgan fingerprint density at radius 3 is 2.63 bits per heavy atom. The highest BCUT2D eigenvalue weighted by atomic mass is 32.2. The first-order valence-electron chi connectivity index (χ1n) is 5.56. The molecule has 0 aliphatic heterocycles. The number of nitrogens with one attached hydrogen (secondary N) is 2. The van der Waals surface area contributed by atoms with Crippen LogP contribution < -0.4 is 10.0 Å². The molecule has 102 valence electrons. The molecule has 2 heterocycles. The molecule has 0 saturated heterocycles. The molecular formula is C11H14N4O2S2. The maximum Gasteiger partial charge on any atom is 0.265 e. The van der Waals surface area contributed by atoms with E-state index >= 15 is 0 Å². The Morgan fingerprint density at radius 2 is 2.00 bits per heavy atom. The zero-order valence-corrected chi connectivity index (χ0v) is 12.2. The van der Waals surface area contributed by atoms with Gasteiger partial charge in [-0.3, -0.25) is 0 Å². The van der Waals surface area contributed by atoms with Crippen LogP contribution in [-0.4, -0.2) is 25.4 Å². The van der Waals surface area contributed by atoms with E-state index in [1.165, 1.54) is 23.7 Å². The molecule has 0 bridgehead atoms. The Hall–Kier alpha value is -1.51. The van der Waals surface area contributed by atoms with Crippen molar-refractivity contribution in [2.45, 2.75) is 18.4 Å². The van der Waals surface area contributed by atoms with Crippen LogP contribution in [0.25, 0.3) is 0 Å². The van der Waals surface area contributed by atoms with E-state index in [-0.39, 0.29) is 5.95 Å². The molecule has 2 rings (SSSR count). The van der Waals surface area contributed by atoms with Crippen LogP contribution in [0, 0.1) is 6.92 Å². The number of sulfonamides is 1. The fraction of sp³-hybridized carbons (Fsp3) is 0.273. The topological polar surface area (TPSA) is 84.0 Å². The van der Waals surface area contributed by atoms with E-state index in [9.17, 15) is 8.42 Å². The van der Waals surface area contributed by atoms with Gasteiger partial charge in [-0.25, -0.2) is 23.1 Å². The van der Waals surface area contributed by atoms with Gasteiger partial charge in [-0.2, -0.15) is 0 Å². The first-order chi connectivity index (χ1) is 9.04. The molecule has 2 N–H and O–H groups in total. The Labute approximate surface area is 116 Å². The van der Waals surface area contributed by atoms with Gasteiger partial charge in [0.05, 0.1) is 0 Å². The predicted molar refractivity (Wildman–Crippen MR) is 74.7 cm³/mol. The summed E-state index contributed by atoms with van der Waals surface area (Å²) < 4.78 is 27.1. The summed E-state index contributed by atoms with van der Waals surface area (Å²) in [5.41, 5.74) is 0.721. The number of aromatic nitrogens is 2. The minimum absolute atomic E-state index is 0.0727. The molecule has 0 atom stereocenters.